The van der Waals surface area contributed by atoms with Gasteiger partial charge in [0, 0.05) is 23.6 Å². The summed E-state index contributed by atoms with van der Waals surface area (Å²) in [5.41, 5.74) is 3.06. The number of halogens is 3. The van der Waals surface area contributed by atoms with Crippen molar-refractivity contribution in [3.05, 3.63) is 94.0 Å². The van der Waals surface area contributed by atoms with E-state index in [0.717, 1.165) is 15.7 Å². The average Bonchev–Trinajstić information content (AvgIpc) is 3.39. The second-order valence-electron chi connectivity index (χ2n) is 10.0. The van der Waals surface area contributed by atoms with E-state index < -0.39 is 18.1 Å². The fourth-order valence-electron chi connectivity index (χ4n) is 5.27. The molecule has 2 heterocycles. The van der Waals surface area contributed by atoms with Crippen LogP contribution in [0.2, 0.25) is 0 Å². The standard InChI is InChI=1S/C30H29BrF2N4O3/c1-17-27(28(21-4-9-23(32)10-5-21)35-37(17)25-12-7-22(31)8-13-25)30-36(29(39)18(2)40-30)15-14-20-6-11-24(16-26(20)33)34-19(3)38/h4-13,16-18,27,30H,14-15H2,1-3H3,(H,34,38)/t17?,18-,27?,30+/m0/s1. The Labute approximate surface area is 239 Å². The van der Waals surface area contributed by atoms with E-state index >= 15 is 0 Å². The Morgan fingerprint density at radius 1 is 1.05 bits per heavy atom. The summed E-state index contributed by atoms with van der Waals surface area (Å²) < 4.78 is 35.8. The molecule has 3 aromatic carbocycles. The van der Waals surface area contributed by atoms with Crippen molar-refractivity contribution in [2.45, 2.75) is 45.6 Å². The maximum absolute atomic E-state index is 14.8. The molecule has 0 aromatic heterocycles. The van der Waals surface area contributed by atoms with E-state index in [0.29, 0.717) is 17.0 Å². The first-order valence-electron chi connectivity index (χ1n) is 13.0. The Balaban J connectivity index is 1.45. The summed E-state index contributed by atoms with van der Waals surface area (Å²) in [4.78, 5) is 26.3. The summed E-state index contributed by atoms with van der Waals surface area (Å²) in [6.45, 7) is 5.31. The number of anilines is 2. The van der Waals surface area contributed by atoms with Crippen molar-refractivity contribution in [2.24, 2.45) is 11.0 Å². The number of nitrogens with one attached hydrogen (secondary N) is 1. The molecule has 1 saturated heterocycles. The SMILES string of the molecule is CC(=O)Nc1ccc(CCN2C(=O)[C@H](C)O[C@@H]2C2C(c3ccc(F)cc3)=NN(c3ccc(Br)cc3)C2C)c(F)c1. The average molecular weight is 611 g/mol. The van der Waals surface area contributed by atoms with E-state index in [2.05, 4.69) is 21.2 Å². The first-order valence-corrected chi connectivity index (χ1v) is 13.8. The van der Waals surface area contributed by atoms with E-state index in [4.69, 9.17) is 9.84 Å². The molecule has 7 nitrogen and oxygen atoms in total. The van der Waals surface area contributed by atoms with Crippen LogP contribution in [-0.4, -0.2) is 47.3 Å². The molecule has 2 aliphatic heterocycles. The van der Waals surface area contributed by atoms with Crippen molar-refractivity contribution in [3.63, 3.8) is 0 Å². The molecule has 1 N–H and O–H groups in total. The highest BCUT2D eigenvalue weighted by atomic mass is 79.9. The monoisotopic (exact) mass is 610 g/mol. The lowest BCUT2D eigenvalue weighted by atomic mass is 9.89. The molecule has 0 spiro atoms. The Kier molecular flexibility index (Phi) is 8.00. The van der Waals surface area contributed by atoms with Crippen LogP contribution in [0, 0.1) is 17.6 Å². The number of amides is 2. The van der Waals surface area contributed by atoms with Crippen molar-refractivity contribution < 1.29 is 23.1 Å². The van der Waals surface area contributed by atoms with E-state index in [1.165, 1.54) is 25.1 Å². The van der Waals surface area contributed by atoms with Gasteiger partial charge in [0.25, 0.3) is 5.91 Å². The second-order valence-corrected chi connectivity index (χ2v) is 10.9. The molecule has 2 unspecified atom stereocenters. The van der Waals surface area contributed by atoms with E-state index in [1.54, 1.807) is 36.1 Å². The van der Waals surface area contributed by atoms with Gasteiger partial charge in [-0.3, -0.25) is 14.6 Å². The van der Waals surface area contributed by atoms with Crippen LogP contribution in [0.5, 0.6) is 0 Å². The van der Waals surface area contributed by atoms with Gasteiger partial charge in [0.1, 0.15) is 24.0 Å². The lowest BCUT2D eigenvalue weighted by Gasteiger charge is -2.33. The van der Waals surface area contributed by atoms with Crippen LogP contribution in [0.3, 0.4) is 0 Å². The predicted octanol–water partition coefficient (Wildman–Crippen LogP) is 5.73. The van der Waals surface area contributed by atoms with Gasteiger partial charge in [-0.2, -0.15) is 5.10 Å². The van der Waals surface area contributed by atoms with E-state index in [-0.39, 0.29) is 42.6 Å². The van der Waals surface area contributed by atoms with Gasteiger partial charge in [0.2, 0.25) is 5.91 Å². The fourth-order valence-corrected chi connectivity index (χ4v) is 5.54. The summed E-state index contributed by atoms with van der Waals surface area (Å²) in [5, 5.41) is 9.41. The van der Waals surface area contributed by atoms with E-state index in [9.17, 15) is 18.4 Å². The molecule has 2 aliphatic rings. The van der Waals surface area contributed by atoms with Crippen LogP contribution in [0.15, 0.2) is 76.3 Å². The Hall–Kier alpha value is -3.63. The fraction of sp³-hybridized carbons (Fsp3) is 0.300. The quantitative estimate of drug-likeness (QED) is 0.371. The van der Waals surface area contributed by atoms with Gasteiger partial charge in [-0.05, 0) is 79.9 Å². The zero-order chi connectivity index (χ0) is 28.6. The van der Waals surface area contributed by atoms with Crippen molar-refractivity contribution in [2.75, 3.05) is 16.9 Å². The van der Waals surface area contributed by atoms with Gasteiger partial charge < -0.3 is 15.0 Å². The van der Waals surface area contributed by atoms with Crippen LogP contribution in [0.4, 0.5) is 20.2 Å². The summed E-state index contributed by atoms with van der Waals surface area (Å²) in [7, 11) is 0. The van der Waals surface area contributed by atoms with Crippen molar-refractivity contribution in [1.29, 1.82) is 0 Å². The highest BCUT2D eigenvalue weighted by molar-refractivity contribution is 9.10. The molecule has 3 aromatic rings. The molecule has 0 saturated carbocycles. The van der Waals surface area contributed by atoms with Crippen LogP contribution in [0.25, 0.3) is 0 Å². The summed E-state index contributed by atoms with van der Waals surface area (Å²) in [6.07, 6.45) is -1.09. The number of ether oxygens (including phenoxy) is 1. The predicted molar refractivity (Wildman–Crippen MR) is 153 cm³/mol. The molecular weight excluding hydrogens is 582 g/mol. The molecule has 0 aliphatic carbocycles. The third-order valence-electron chi connectivity index (χ3n) is 7.25. The van der Waals surface area contributed by atoms with Gasteiger partial charge in [0.15, 0.2) is 0 Å². The zero-order valence-corrected chi connectivity index (χ0v) is 23.9. The first kappa shape index (κ1) is 27.9. The van der Waals surface area contributed by atoms with Crippen molar-refractivity contribution in [3.8, 4) is 0 Å². The number of carbonyl (C=O) groups is 2. The molecule has 1 fully saturated rings. The minimum Gasteiger partial charge on any atom is -0.345 e. The summed E-state index contributed by atoms with van der Waals surface area (Å²) in [5.74, 6) is -1.66. The number of hydrogen-bond acceptors (Lipinski definition) is 5. The Morgan fingerprint density at radius 2 is 1.75 bits per heavy atom. The largest absolute Gasteiger partial charge is 0.345 e. The maximum Gasteiger partial charge on any atom is 0.253 e. The molecule has 0 bridgehead atoms. The van der Waals surface area contributed by atoms with Crippen LogP contribution >= 0.6 is 15.9 Å². The Morgan fingerprint density at radius 3 is 2.40 bits per heavy atom. The van der Waals surface area contributed by atoms with Crippen molar-refractivity contribution in [1.82, 2.24) is 4.90 Å². The van der Waals surface area contributed by atoms with Gasteiger partial charge in [-0.25, -0.2) is 8.78 Å². The molecule has 2 amide bonds. The highest BCUT2D eigenvalue weighted by Crippen LogP contribution is 2.38. The smallest absolute Gasteiger partial charge is 0.253 e. The first-order chi connectivity index (χ1) is 19.1. The summed E-state index contributed by atoms with van der Waals surface area (Å²) in [6, 6.07) is 18.2. The molecular formula is C30H29BrF2N4O3. The topological polar surface area (TPSA) is 74.2 Å². The summed E-state index contributed by atoms with van der Waals surface area (Å²) >= 11 is 3.47. The number of benzene rings is 3. The number of rotatable bonds is 7. The normalized spacial score (nSPS) is 22.6. The minimum atomic E-state index is -0.680. The molecule has 4 atom stereocenters. The Bertz CT molecular complexity index is 1450. The lowest BCUT2D eigenvalue weighted by Crippen LogP contribution is -2.47. The van der Waals surface area contributed by atoms with E-state index in [1.807, 2.05) is 36.2 Å². The number of nitrogens with zero attached hydrogens (tertiary/aromatic N) is 3. The van der Waals surface area contributed by atoms with Crippen molar-refractivity contribution >= 4 is 44.8 Å². The zero-order valence-electron chi connectivity index (χ0n) is 22.3. The third kappa shape index (κ3) is 5.64. The second kappa shape index (κ2) is 11.5. The number of carbonyl (C=O) groups excluding carboxylic acids is 2. The number of hydrazone groups is 1. The third-order valence-corrected chi connectivity index (χ3v) is 7.78. The van der Waals surface area contributed by atoms with Gasteiger partial charge in [0.05, 0.1) is 23.4 Å². The highest BCUT2D eigenvalue weighted by Gasteiger charge is 2.49. The lowest BCUT2D eigenvalue weighted by molar-refractivity contribution is -0.130. The maximum atomic E-state index is 14.8. The van der Waals surface area contributed by atoms with Gasteiger partial charge in [-0.15, -0.1) is 0 Å². The minimum absolute atomic E-state index is 0.187. The molecule has 208 valence electrons. The van der Waals surface area contributed by atoms with Gasteiger partial charge >= 0.3 is 0 Å². The molecule has 40 heavy (non-hydrogen) atoms. The number of hydrogen-bond donors (Lipinski definition) is 1. The molecule has 0 radical (unpaired) electrons. The van der Waals surface area contributed by atoms with Gasteiger partial charge in [-0.1, -0.05) is 34.1 Å². The molecule has 5 rings (SSSR count). The van der Waals surface area contributed by atoms with Crippen LogP contribution in [-0.2, 0) is 20.7 Å². The van der Waals surface area contributed by atoms with Crippen LogP contribution in [0.1, 0.15) is 31.9 Å². The van der Waals surface area contributed by atoms with Crippen LogP contribution < -0.4 is 10.3 Å². The molecule has 10 heteroatoms.